The molecular weight excluding hydrogens is 344 g/mol. The minimum atomic E-state index is -3.81. The Balaban J connectivity index is 1.94. The van der Waals surface area contributed by atoms with Gasteiger partial charge in [-0.25, -0.2) is 17.9 Å². The molecule has 0 bridgehead atoms. The van der Waals surface area contributed by atoms with E-state index in [0.29, 0.717) is 11.5 Å². The molecule has 7 nitrogen and oxygen atoms in total. The minimum Gasteiger partial charge on any atom is -0.479 e. The predicted molar refractivity (Wildman–Crippen MR) is 93.3 cm³/mol. The van der Waals surface area contributed by atoms with Crippen molar-refractivity contribution in [3.8, 4) is 0 Å². The highest BCUT2D eigenvalue weighted by Crippen LogP contribution is 2.23. The molecule has 0 spiro atoms. The summed E-state index contributed by atoms with van der Waals surface area (Å²) in [6, 6.07) is 6.73. The molecule has 1 aromatic carbocycles. The van der Waals surface area contributed by atoms with Crippen LogP contribution >= 0.6 is 0 Å². The zero-order valence-corrected chi connectivity index (χ0v) is 15.0. The van der Waals surface area contributed by atoms with Gasteiger partial charge in [0.1, 0.15) is 5.75 Å². The van der Waals surface area contributed by atoms with Crippen LogP contribution in [0, 0.1) is 5.92 Å². The monoisotopic (exact) mass is 368 g/mol. The lowest BCUT2D eigenvalue weighted by atomic mass is 9.88. The van der Waals surface area contributed by atoms with Crippen LogP contribution in [0.4, 0.5) is 0 Å². The zero-order chi connectivity index (χ0) is 18.4. The number of carbonyl (C=O) groups excluding carboxylic acids is 1. The Morgan fingerprint density at radius 1 is 1.16 bits per heavy atom. The van der Waals surface area contributed by atoms with Crippen LogP contribution in [0.1, 0.15) is 44.2 Å². The zero-order valence-electron chi connectivity index (χ0n) is 14.1. The van der Waals surface area contributed by atoms with Gasteiger partial charge in [0.05, 0.1) is 0 Å². The Bertz CT molecular complexity index is 697. The summed E-state index contributed by atoms with van der Waals surface area (Å²) in [4.78, 5) is 23.4. The molecule has 25 heavy (non-hydrogen) atoms. The van der Waals surface area contributed by atoms with Crippen molar-refractivity contribution < 1.29 is 23.1 Å². The second-order valence-corrected chi connectivity index (χ2v) is 8.34. The first-order chi connectivity index (χ1) is 11.8. The molecule has 138 valence electrons. The van der Waals surface area contributed by atoms with Crippen molar-refractivity contribution in [2.45, 2.75) is 44.7 Å². The smallest absolute Gasteiger partial charge is 0.330 e. The van der Waals surface area contributed by atoms with Crippen molar-refractivity contribution in [3.63, 3.8) is 0 Å². The predicted octanol–water partition coefficient (Wildman–Crippen LogP) is 1.43. The molecule has 1 aliphatic carbocycles. The highest BCUT2D eigenvalue weighted by molar-refractivity contribution is 7.90. The maximum Gasteiger partial charge on any atom is 0.330 e. The number of carbonyl (C=O) groups is 2. The van der Waals surface area contributed by atoms with Crippen LogP contribution in [0.15, 0.2) is 30.3 Å². The maximum absolute atomic E-state index is 12.2. The second kappa shape index (κ2) is 8.44. The summed E-state index contributed by atoms with van der Waals surface area (Å²) in [6.07, 6.45) is 3.41. The summed E-state index contributed by atoms with van der Waals surface area (Å²) in [7, 11) is -3.81. The Labute approximate surface area is 147 Å². The van der Waals surface area contributed by atoms with Crippen molar-refractivity contribution in [1.82, 2.24) is 10.0 Å². The van der Waals surface area contributed by atoms with Crippen molar-refractivity contribution >= 4 is 21.9 Å². The first kappa shape index (κ1) is 19.4. The lowest BCUT2D eigenvalue weighted by molar-refractivity contribution is -0.141. The Morgan fingerprint density at radius 2 is 1.76 bits per heavy atom. The standard InChI is InChI=1S/C17H24N2O5S/c1-12-7-9-14(10-8-12)19-25(23,24)11-15(20)18-16(17(21)22)13-5-3-2-4-6-13/h2-6,12,14,16,19H,7-11H2,1H3,(H,18,20)(H,21,22). The summed E-state index contributed by atoms with van der Waals surface area (Å²) >= 11 is 0. The van der Waals surface area contributed by atoms with Gasteiger partial charge in [0.2, 0.25) is 15.9 Å². The lowest BCUT2D eigenvalue weighted by Gasteiger charge is -2.26. The van der Waals surface area contributed by atoms with Crippen LogP contribution in [0.25, 0.3) is 0 Å². The van der Waals surface area contributed by atoms with Gasteiger partial charge >= 0.3 is 5.97 Å². The van der Waals surface area contributed by atoms with Crippen molar-refractivity contribution in [2.24, 2.45) is 5.92 Å². The Hall–Kier alpha value is -1.93. The van der Waals surface area contributed by atoms with Crippen LogP contribution in [0.2, 0.25) is 0 Å². The fourth-order valence-electron chi connectivity index (χ4n) is 2.98. The molecule has 2 rings (SSSR count). The molecule has 3 N–H and O–H groups in total. The van der Waals surface area contributed by atoms with E-state index in [9.17, 15) is 23.1 Å². The molecule has 0 aliphatic heterocycles. The van der Waals surface area contributed by atoms with Gasteiger partial charge in [0, 0.05) is 6.04 Å². The first-order valence-electron chi connectivity index (χ1n) is 8.34. The van der Waals surface area contributed by atoms with Gasteiger partial charge in [-0.05, 0) is 37.2 Å². The summed E-state index contributed by atoms with van der Waals surface area (Å²) in [6.45, 7) is 2.13. The molecule has 1 fully saturated rings. The van der Waals surface area contributed by atoms with Crippen LogP contribution in [0.3, 0.4) is 0 Å². The minimum absolute atomic E-state index is 0.154. The van der Waals surface area contributed by atoms with E-state index in [1.54, 1.807) is 30.3 Å². The Morgan fingerprint density at radius 3 is 2.32 bits per heavy atom. The molecule has 1 atom stereocenters. The SMILES string of the molecule is CC1CCC(NS(=O)(=O)CC(=O)NC(C(=O)O)c2ccccc2)CC1. The number of nitrogens with one attached hydrogen (secondary N) is 2. The molecule has 1 saturated carbocycles. The number of carboxylic acids is 1. The Kier molecular flexibility index (Phi) is 6.55. The third-order valence-electron chi connectivity index (χ3n) is 4.37. The third kappa shape index (κ3) is 6.13. The average molecular weight is 368 g/mol. The van der Waals surface area contributed by atoms with Gasteiger partial charge in [0.25, 0.3) is 0 Å². The van der Waals surface area contributed by atoms with Crippen LogP contribution in [0.5, 0.6) is 0 Å². The van der Waals surface area contributed by atoms with Crippen molar-refractivity contribution in [2.75, 3.05) is 5.75 Å². The molecule has 0 aromatic heterocycles. The highest BCUT2D eigenvalue weighted by atomic mass is 32.2. The van der Waals surface area contributed by atoms with Crippen LogP contribution in [-0.4, -0.2) is 37.2 Å². The van der Waals surface area contributed by atoms with E-state index in [1.165, 1.54) is 0 Å². The normalized spacial score (nSPS) is 22.1. The first-order valence-corrected chi connectivity index (χ1v) is 9.99. The fourth-order valence-corrected chi connectivity index (χ4v) is 4.24. The van der Waals surface area contributed by atoms with E-state index in [-0.39, 0.29) is 6.04 Å². The van der Waals surface area contributed by atoms with E-state index >= 15 is 0 Å². The van der Waals surface area contributed by atoms with E-state index in [0.717, 1.165) is 25.7 Å². The summed E-state index contributed by atoms with van der Waals surface area (Å²) in [5.74, 6) is -2.28. The number of hydrogen-bond donors (Lipinski definition) is 3. The third-order valence-corrected chi connectivity index (χ3v) is 5.70. The van der Waals surface area contributed by atoms with E-state index in [2.05, 4.69) is 17.0 Å². The van der Waals surface area contributed by atoms with Gasteiger partial charge in [-0.15, -0.1) is 0 Å². The molecule has 1 aliphatic rings. The summed E-state index contributed by atoms with van der Waals surface area (Å²) in [5, 5.41) is 11.6. The van der Waals surface area contributed by atoms with Gasteiger partial charge in [-0.1, -0.05) is 37.3 Å². The van der Waals surface area contributed by atoms with Crippen LogP contribution < -0.4 is 10.0 Å². The quantitative estimate of drug-likeness (QED) is 0.674. The number of amides is 1. The molecule has 8 heteroatoms. The van der Waals surface area contributed by atoms with E-state index in [4.69, 9.17) is 0 Å². The van der Waals surface area contributed by atoms with Crippen molar-refractivity contribution in [3.05, 3.63) is 35.9 Å². The maximum atomic E-state index is 12.2. The number of carboxylic acid groups (broad SMARTS) is 1. The number of sulfonamides is 1. The van der Waals surface area contributed by atoms with Gasteiger partial charge < -0.3 is 10.4 Å². The molecule has 1 amide bonds. The fraction of sp³-hybridized carbons (Fsp3) is 0.529. The second-order valence-electron chi connectivity index (χ2n) is 6.58. The molecular formula is C17H24N2O5S. The molecule has 1 aromatic rings. The average Bonchev–Trinajstić information content (AvgIpc) is 2.54. The summed E-state index contributed by atoms with van der Waals surface area (Å²) in [5.41, 5.74) is 0.384. The molecule has 0 saturated heterocycles. The topological polar surface area (TPSA) is 113 Å². The largest absolute Gasteiger partial charge is 0.479 e. The van der Waals surface area contributed by atoms with Crippen LogP contribution in [-0.2, 0) is 19.6 Å². The van der Waals surface area contributed by atoms with Gasteiger partial charge in [-0.2, -0.15) is 0 Å². The van der Waals surface area contributed by atoms with E-state index in [1.807, 2.05) is 0 Å². The van der Waals surface area contributed by atoms with Gasteiger partial charge in [-0.3, -0.25) is 4.79 Å². The van der Waals surface area contributed by atoms with E-state index < -0.39 is 33.7 Å². The molecule has 0 radical (unpaired) electrons. The molecule has 1 unspecified atom stereocenters. The number of rotatable bonds is 7. The summed E-state index contributed by atoms with van der Waals surface area (Å²) < 4.78 is 26.9. The lowest BCUT2D eigenvalue weighted by Crippen LogP contribution is -2.44. The number of hydrogen-bond acceptors (Lipinski definition) is 4. The highest BCUT2D eigenvalue weighted by Gasteiger charge is 2.27. The number of aliphatic carboxylic acids is 1. The van der Waals surface area contributed by atoms with Gasteiger partial charge in [0.15, 0.2) is 6.04 Å². The number of benzene rings is 1. The molecule has 0 heterocycles. The van der Waals surface area contributed by atoms with Crippen molar-refractivity contribution in [1.29, 1.82) is 0 Å².